The van der Waals surface area contributed by atoms with Gasteiger partial charge in [-0.3, -0.25) is 9.59 Å². The van der Waals surface area contributed by atoms with E-state index in [2.05, 4.69) is 4.98 Å². The highest BCUT2D eigenvalue weighted by Gasteiger charge is 2.36. The molecule has 3 aromatic carbocycles. The van der Waals surface area contributed by atoms with Crippen LogP contribution in [0.4, 0.5) is 8.78 Å². The van der Waals surface area contributed by atoms with Gasteiger partial charge in [-0.1, -0.05) is 45.0 Å². The molecular weight excluding hydrogens is 614 g/mol. The fraction of sp³-hybridized carbons (Fsp3) is 0.395. The molecule has 1 aromatic heterocycles. The number of carbonyl (C=O) groups is 2. The molecule has 256 valence electrons. The van der Waals surface area contributed by atoms with Crippen molar-refractivity contribution in [1.82, 2.24) is 14.8 Å². The first-order valence-corrected chi connectivity index (χ1v) is 16.5. The second-order valence-corrected chi connectivity index (χ2v) is 12.7. The van der Waals surface area contributed by atoms with Crippen molar-refractivity contribution in [3.8, 4) is 11.5 Å². The minimum Gasteiger partial charge on any atom is -0.445 e. The first-order valence-electron chi connectivity index (χ1n) is 16.5. The maximum absolute atomic E-state index is 14.7. The quantitative estimate of drug-likeness (QED) is 0.146. The summed E-state index contributed by atoms with van der Waals surface area (Å²) in [5.74, 6) is -1.90. The molecule has 0 saturated carbocycles. The molecule has 0 saturated heterocycles. The van der Waals surface area contributed by atoms with Crippen LogP contribution >= 0.6 is 0 Å². The van der Waals surface area contributed by atoms with Gasteiger partial charge in [-0.15, -0.1) is 0 Å². The molecule has 2 amide bonds. The number of rotatable bonds is 15. The molecule has 3 N–H and O–H groups in total. The van der Waals surface area contributed by atoms with E-state index in [0.29, 0.717) is 24.2 Å². The first kappa shape index (κ1) is 36.4. The number of nitrogens with two attached hydrogens (primary N) is 1. The van der Waals surface area contributed by atoms with E-state index in [9.17, 15) is 23.5 Å². The number of aromatic nitrogens is 1. The Morgan fingerprint density at radius 3 is 2.15 bits per heavy atom. The number of aryl methyl sites for hydroxylation is 1. The predicted octanol–water partition coefficient (Wildman–Crippen LogP) is 6.75. The van der Waals surface area contributed by atoms with Crippen LogP contribution in [0.15, 0.2) is 77.5 Å². The van der Waals surface area contributed by atoms with Crippen LogP contribution in [0.25, 0.3) is 11.5 Å². The molecule has 48 heavy (non-hydrogen) atoms. The monoisotopic (exact) mass is 660 g/mol. The Balaban J connectivity index is 1.79. The Morgan fingerprint density at radius 1 is 0.917 bits per heavy atom. The Hall–Kier alpha value is -4.41. The maximum atomic E-state index is 14.7. The number of nitrogens with zero attached hydrogens (tertiary/aromatic N) is 3. The van der Waals surface area contributed by atoms with Gasteiger partial charge in [0.05, 0.1) is 17.8 Å². The summed E-state index contributed by atoms with van der Waals surface area (Å²) in [5.41, 5.74) is 8.61. The molecule has 0 aliphatic heterocycles. The molecule has 0 bridgehead atoms. The number of benzene rings is 3. The minimum atomic E-state index is -1.27. The molecule has 4 aromatic rings. The zero-order valence-corrected chi connectivity index (χ0v) is 28.4. The van der Waals surface area contributed by atoms with E-state index in [1.54, 1.807) is 23.1 Å². The van der Waals surface area contributed by atoms with Crippen LogP contribution in [0.2, 0.25) is 0 Å². The topological polar surface area (TPSA) is 113 Å². The van der Waals surface area contributed by atoms with Gasteiger partial charge >= 0.3 is 0 Å². The summed E-state index contributed by atoms with van der Waals surface area (Å²) in [6, 6.07) is 14.9. The van der Waals surface area contributed by atoms with E-state index < -0.39 is 35.2 Å². The van der Waals surface area contributed by atoms with Crippen molar-refractivity contribution in [1.29, 1.82) is 0 Å². The third kappa shape index (κ3) is 8.73. The summed E-state index contributed by atoms with van der Waals surface area (Å²) in [4.78, 5) is 36.1. The number of aliphatic hydroxyl groups is 1. The van der Waals surface area contributed by atoms with Crippen LogP contribution < -0.4 is 5.73 Å². The molecule has 4 rings (SSSR count). The number of hydrogen-bond donors (Lipinski definition) is 2. The van der Waals surface area contributed by atoms with Crippen molar-refractivity contribution in [2.45, 2.75) is 78.0 Å². The Labute approximate surface area is 281 Å². The molecule has 0 aliphatic rings. The Morgan fingerprint density at radius 2 is 1.56 bits per heavy atom. The van der Waals surface area contributed by atoms with Crippen molar-refractivity contribution in [2.24, 2.45) is 5.73 Å². The molecule has 10 heteroatoms. The van der Waals surface area contributed by atoms with Crippen LogP contribution in [-0.2, 0) is 18.4 Å². The average molecular weight is 661 g/mol. The van der Waals surface area contributed by atoms with Gasteiger partial charge in [0.15, 0.2) is 0 Å². The lowest BCUT2D eigenvalue weighted by Gasteiger charge is -2.41. The van der Waals surface area contributed by atoms with E-state index in [1.165, 1.54) is 29.5 Å². The van der Waals surface area contributed by atoms with Gasteiger partial charge in [0.25, 0.3) is 11.8 Å². The summed E-state index contributed by atoms with van der Waals surface area (Å²) < 4.78 is 33.4. The van der Waals surface area contributed by atoms with Crippen LogP contribution in [0.3, 0.4) is 0 Å². The highest BCUT2D eigenvalue weighted by molar-refractivity contribution is 6.01. The molecule has 0 spiro atoms. The summed E-state index contributed by atoms with van der Waals surface area (Å²) >= 11 is 0. The fourth-order valence-electron chi connectivity index (χ4n) is 5.91. The van der Waals surface area contributed by atoms with Gasteiger partial charge in [0, 0.05) is 48.4 Å². The smallest absolute Gasteiger partial charge is 0.254 e. The molecule has 0 aliphatic carbocycles. The fourth-order valence-corrected chi connectivity index (χ4v) is 5.91. The summed E-state index contributed by atoms with van der Waals surface area (Å²) in [6.07, 6.45) is 3.95. The zero-order valence-electron chi connectivity index (χ0n) is 28.4. The molecule has 2 atom stereocenters. The van der Waals surface area contributed by atoms with E-state index in [4.69, 9.17) is 10.2 Å². The lowest BCUT2D eigenvalue weighted by atomic mass is 9.88. The molecule has 1 heterocycles. The van der Waals surface area contributed by atoms with Gasteiger partial charge in [-0.05, 0) is 86.6 Å². The predicted molar refractivity (Wildman–Crippen MR) is 182 cm³/mol. The van der Waals surface area contributed by atoms with Crippen LogP contribution in [-0.4, -0.2) is 63.5 Å². The number of hydrogen-bond acceptors (Lipinski definition) is 6. The Bertz CT molecular complexity index is 1670. The molecule has 8 nitrogen and oxygen atoms in total. The van der Waals surface area contributed by atoms with E-state index in [-0.39, 0.29) is 35.9 Å². The van der Waals surface area contributed by atoms with Gasteiger partial charge in [-0.25, -0.2) is 13.8 Å². The molecular formula is C38H46F2N4O4. The van der Waals surface area contributed by atoms with Crippen molar-refractivity contribution in [3.05, 3.63) is 113 Å². The highest BCUT2D eigenvalue weighted by Crippen LogP contribution is 2.32. The normalized spacial score (nSPS) is 12.9. The van der Waals surface area contributed by atoms with E-state index in [0.717, 1.165) is 36.5 Å². The SMILES string of the molecule is CCCN(CCC)C(=O)c1cc(C(=O)N(C[C@@H](O)[C@@H](N)Cc2cc(F)cc(F)c2)C(C)(C)c2cccc(CC)c2)cc(-c2ncco2)c1. The summed E-state index contributed by atoms with van der Waals surface area (Å²) in [6.45, 7) is 10.7. The number of aliphatic hydroxyl groups excluding tert-OH is 1. The van der Waals surface area contributed by atoms with Gasteiger partial charge < -0.3 is 25.1 Å². The first-order chi connectivity index (χ1) is 22.9. The van der Waals surface area contributed by atoms with Crippen molar-refractivity contribution in [3.63, 3.8) is 0 Å². The van der Waals surface area contributed by atoms with Gasteiger partial charge in [0.1, 0.15) is 17.9 Å². The zero-order chi connectivity index (χ0) is 35.0. The molecule has 0 radical (unpaired) electrons. The highest BCUT2D eigenvalue weighted by atomic mass is 19.1. The van der Waals surface area contributed by atoms with Gasteiger partial charge in [0.2, 0.25) is 5.89 Å². The average Bonchev–Trinajstić information content (AvgIpc) is 3.61. The number of oxazole rings is 1. The van der Waals surface area contributed by atoms with Crippen molar-refractivity contribution < 1.29 is 27.9 Å². The van der Waals surface area contributed by atoms with Crippen LogP contribution in [0.5, 0.6) is 0 Å². The van der Waals surface area contributed by atoms with Gasteiger partial charge in [-0.2, -0.15) is 0 Å². The number of amides is 2. The maximum Gasteiger partial charge on any atom is 0.254 e. The Kier molecular flexibility index (Phi) is 12.2. The summed E-state index contributed by atoms with van der Waals surface area (Å²) in [7, 11) is 0. The van der Waals surface area contributed by atoms with Crippen LogP contribution in [0, 0.1) is 11.6 Å². The molecule has 0 fully saturated rings. The van der Waals surface area contributed by atoms with E-state index >= 15 is 0 Å². The second-order valence-electron chi connectivity index (χ2n) is 12.7. The molecule has 0 unspecified atom stereocenters. The second kappa shape index (κ2) is 16.1. The third-order valence-electron chi connectivity index (χ3n) is 8.60. The largest absolute Gasteiger partial charge is 0.445 e. The standard InChI is InChI=1S/C38H46F2N4O4/c1-6-13-43(14-7-2)36(46)28-20-27(35-42-12-15-48-35)21-29(22-28)37(47)44(38(4,5)30-11-9-10-25(8-3)16-30)24-34(45)33(41)19-26-17-31(39)23-32(40)18-26/h9-12,15-18,20-23,33-34,45H,6-8,13-14,19,24,41H2,1-5H3/t33-,34+/m0/s1. The van der Waals surface area contributed by atoms with E-state index in [1.807, 2.05) is 58.9 Å². The van der Waals surface area contributed by atoms with Crippen molar-refractivity contribution in [2.75, 3.05) is 19.6 Å². The van der Waals surface area contributed by atoms with Crippen molar-refractivity contribution >= 4 is 11.8 Å². The lowest BCUT2D eigenvalue weighted by molar-refractivity contribution is 0.0277. The number of carbonyl (C=O) groups excluding carboxylic acids is 2. The third-order valence-corrected chi connectivity index (χ3v) is 8.60. The minimum absolute atomic E-state index is 0.0212. The lowest BCUT2D eigenvalue weighted by Crippen LogP contribution is -2.53. The summed E-state index contributed by atoms with van der Waals surface area (Å²) in [5, 5.41) is 11.4. The number of halogens is 2. The van der Waals surface area contributed by atoms with Crippen LogP contribution in [0.1, 0.15) is 84.9 Å².